The van der Waals surface area contributed by atoms with Crippen molar-refractivity contribution in [2.45, 2.75) is 4.96 Å². The molecule has 0 aromatic carbocycles. The van der Waals surface area contributed by atoms with Gasteiger partial charge in [-0.05, 0) is 0 Å². The summed E-state index contributed by atoms with van der Waals surface area (Å²) in [6, 6.07) is 0. The Hall–Kier alpha value is -0.0600. The van der Waals surface area contributed by atoms with Gasteiger partial charge in [0, 0.05) is 7.05 Å². The molecule has 0 atom stereocenters. The Morgan fingerprint density at radius 3 is 2.50 bits per heavy atom. The molecule has 48 valence electrons. The fourth-order valence-electron chi connectivity index (χ4n) is 0.123. The van der Waals surface area contributed by atoms with E-state index in [0.29, 0.717) is 0 Å². The molecule has 0 aliphatic carbocycles. The highest BCUT2D eigenvalue weighted by Crippen LogP contribution is 2.01. The first kappa shape index (κ1) is 7.94. The molecular weight excluding hydrogens is 151 g/mol. The van der Waals surface area contributed by atoms with Crippen molar-refractivity contribution in [2.24, 2.45) is 10.3 Å². The minimum absolute atomic E-state index is 0.796. The number of rotatable bonds is 3. The molecule has 0 aliphatic rings. The Labute approximate surface area is 57.2 Å². The van der Waals surface area contributed by atoms with Crippen molar-refractivity contribution in [3.05, 3.63) is 0 Å². The number of halogens is 2. The third-order valence-electron chi connectivity index (χ3n) is 0.307. The van der Waals surface area contributed by atoms with Crippen molar-refractivity contribution in [3.63, 3.8) is 0 Å². The summed E-state index contributed by atoms with van der Waals surface area (Å²) >= 11 is 10.3. The van der Waals surface area contributed by atoms with E-state index in [-0.39, 0.29) is 0 Å². The van der Waals surface area contributed by atoms with Crippen LogP contribution < -0.4 is 11.0 Å². The van der Waals surface area contributed by atoms with Crippen LogP contribution in [0.2, 0.25) is 0 Å². The van der Waals surface area contributed by atoms with Crippen molar-refractivity contribution in [2.75, 3.05) is 7.05 Å². The average Bonchev–Trinajstić information content (AvgIpc) is 1.66. The molecule has 0 aliphatic heterocycles. The monoisotopic (exact) mass is 156 g/mol. The standard InChI is InChI=1S/C2H6Cl2N4/c1-5-7-8-6-2(3)4/h2H,1H3,(H,5,8)(H,6,7). The highest BCUT2D eigenvalue weighted by atomic mass is 35.5. The van der Waals surface area contributed by atoms with E-state index in [1.807, 2.05) is 0 Å². The van der Waals surface area contributed by atoms with E-state index in [2.05, 4.69) is 21.3 Å². The zero-order valence-corrected chi connectivity index (χ0v) is 5.74. The zero-order valence-electron chi connectivity index (χ0n) is 4.23. The molecule has 0 rings (SSSR count). The molecule has 6 heteroatoms. The number of alkyl halides is 2. The molecular formula is C2H6Cl2N4. The summed E-state index contributed by atoms with van der Waals surface area (Å²) in [5, 5.41) is 6.59. The highest BCUT2D eigenvalue weighted by Gasteiger charge is 1.87. The molecule has 2 N–H and O–H groups in total. The zero-order chi connectivity index (χ0) is 6.41. The number of hydrogen-bond acceptors (Lipinski definition) is 3. The van der Waals surface area contributed by atoms with Crippen molar-refractivity contribution in [3.8, 4) is 0 Å². The Bertz CT molecular complexity index is 72.4. The number of nitrogens with one attached hydrogen (secondary N) is 2. The second-order valence-corrected chi connectivity index (χ2v) is 1.91. The molecule has 0 unspecified atom stereocenters. The van der Waals surface area contributed by atoms with E-state index >= 15 is 0 Å². The van der Waals surface area contributed by atoms with Gasteiger partial charge in [-0.25, -0.2) is 11.0 Å². The minimum atomic E-state index is -0.796. The Morgan fingerprint density at radius 2 is 2.12 bits per heavy atom. The van der Waals surface area contributed by atoms with E-state index in [9.17, 15) is 0 Å². The average molecular weight is 157 g/mol. The lowest BCUT2D eigenvalue weighted by molar-refractivity contribution is 0.590. The topological polar surface area (TPSA) is 48.8 Å². The van der Waals surface area contributed by atoms with Crippen molar-refractivity contribution in [1.82, 2.24) is 11.0 Å². The van der Waals surface area contributed by atoms with Crippen LogP contribution in [0.15, 0.2) is 10.3 Å². The van der Waals surface area contributed by atoms with E-state index < -0.39 is 4.96 Å². The molecule has 0 amide bonds. The van der Waals surface area contributed by atoms with Crippen LogP contribution in [0, 0.1) is 0 Å². The van der Waals surface area contributed by atoms with Crippen molar-refractivity contribution < 1.29 is 0 Å². The molecule has 0 saturated heterocycles. The summed E-state index contributed by atoms with van der Waals surface area (Å²) in [6.45, 7) is 0. The van der Waals surface area contributed by atoms with Gasteiger partial charge in [-0.2, -0.15) is 0 Å². The van der Waals surface area contributed by atoms with E-state index in [1.54, 1.807) is 7.05 Å². The van der Waals surface area contributed by atoms with E-state index in [0.717, 1.165) is 0 Å². The first-order valence-electron chi connectivity index (χ1n) is 1.87. The summed E-state index contributed by atoms with van der Waals surface area (Å²) in [5.41, 5.74) is 4.81. The maximum atomic E-state index is 5.15. The van der Waals surface area contributed by atoms with Gasteiger partial charge in [-0.1, -0.05) is 28.4 Å². The van der Waals surface area contributed by atoms with Gasteiger partial charge in [0.15, 0.2) is 0 Å². The van der Waals surface area contributed by atoms with Gasteiger partial charge in [0.2, 0.25) is 4.96 Å². The minimum Gasteiger partial charge on any atom is -0.225 e. The van der Waals surface area contributed by atoms with Crippen LogP contribution in [0.1, 0.15) is 0 Å². The number of hydrazine groups is 1. The Morgan fingerprint density at radius 1 is 1.50 bits per heavy atom. The largest absolute Gasteiger partial charge is 0.225 e. The van der Waals surface area contributed by atoms with Gasteiger partial charge in [0.05, 0.1) is 0 Å². The third kappa shape index (κ3) is 5.94. The summed E-state index contributed by atoms with van der Waals surface area (Å²) in [5.74, 6) is 0. The van der Waals surface area contributed by atoms with Crippen LogP contribution in [-0.4, -0.2) is 12.0 Å². The maximum absolute atomic E-state index is 5.15. The van der Waals surface area contributed by atoms with E-state index in [1.165, 1.54) is 0 Å². The third-order valence-corrected chi connectivity index (χ3v) is 0.481. The fraction of sp³-hybridized carbons (Fsp3) is 1.00. The molecule has 0 fully saturated rings. The second kappa shape index (κ2) is 5.08. The molecule has 0 bridgehead atoms. The Kier molecular flexibility index (Phi) is 5.05. The highest BCUT2D eigenvalue weighted by molar-refractivity contribution is 6.43. The summed E-state index contributed by atoms with van der Waals surface area (Å²) < 4.78 is 0. The molecule has 4 nitrogen and oxygen atoms in total. The molecule has 0 radical (unpaired) electrons. The lowest BCUT2D eigenvalue weighted by Crippen LogP contribution is -2.20. The summed E-state index contributed by atoms with van der Waals surface area (Å²) in [6.07, 6.45) is 0. The SMILES string of the molecule is CNNN=NC(Cl)Cl. The molecule has 0 saturated carbocycles. The van der Waals surface area contributed by atoms with Crippen LogP contribution in [0.3, 0.4) is 0 Å². The molecule has 0 heterocycles. The van der Waals surface area contributed by atoms with E-state index in [4.69, 9.17) is 23.2 Å². The molecule has 0 aromatic heterocycles. The maximum Gasteiger partial charge on any atom is 0.219 e. The van der Waals surface area contributed by atoms with Gasteiger partial charge in [-0.15, -0.1) is 5.11 Å². The number of nitrogens with zero attached hydrogens (tertiary/aromatic N) is 2. The smallest absolute Gasteiger partial charge is 0.219 e. The Balaban J connectivity index is 3.07. The van der Waals surface area contributed by atoms with Crippen LogP contribution in [0.4, 0.5) is 0 Å². The first-order valence-corrected chi connectivity index (χ1v) is 2.74. The normalized spacial score (nSPS) is 11.0. The predicted octanol–water partition coefficient (Wildman–Crippen LogP) is 0.839. The molecule has 0 spiro atoms. The van der Waals surface area contributed by atoms with Crippen LogP contribution in [0.25, 0.3) is 0 Å². The van der Waals surface area contributed by atoms with Crippen LogP contribution >= 0.6 is 23.2 Å². The second-order valence-electron chi connectivity index (χ2n) is 0.855. The fourth-order valence-corrected chi connectivity index (χ4v) is 0.210. The summed E-state index contributed by atoms with van der Waals surface area (Å²) in [4.78, 5) is -0.796. The van der Waals surface area contributed by atoms with Crippen LogP contribution in [-0.2, 0) is 0 Å². The van der Waals surface area contributed by atoms with Crippen molar-refractivity contribution >= 4 is 23.2 Å². The lowest BCUT2D eigenvalue weighted by atomic mass is 11.5. The predicted molar refractivity (Wildman–Crippen MR) is 32.5 cm³/mol. The van der Waals surface area contributed by atoms with Gasteiger partial charge >= 0.3 is 0 Å². The molecule has 8 heavy (non-hydrogen) atoms. The van der Waals surface area contributed by atoms with Crippen molar-refractivity contribution in [1.29, 1.82) is 0 Å². The summed E-state index contributed by atoms with van der Waals surface area (Å²) in [7, 11) is 1.65. The van der Waals surface area contributed by atoms with Gasteiger partial charge < -0.3 is 0 Å². The number of hydrogen-bond donors (Lipinski definition) is 2. The van der Waals surface area contributed by atoms with Gasteiger partial charge in [0.25, 0.3) is 0 Å². The van der Waals surface area contributed by atoms with Gasteiger partial charge in [-0.3, -0.25) is 0 Å². The lowest BCUT2D eigenvalue weighted by Gasteiger charge is -1.90. The first-order chi connectivity index (χ1) is 3.77. The van der Waals surface area contributed by atoms with Gasteiger partial charge in [0.1, 0.15) is 0 Å². The quantitative estimate of drug-likeness (QED) is 0.276. The van der Waals surface area contributed by atoms with Crippen LogP contribution in [0.5, 0.6) is 0 Å². The molecule has 0 aromatic rings.